The van der Waals surface area contributed by atoms with Gasteiger partial charge < -0.3 is 9.42 Å². The van der Waals surface area contributed by atoms with Gasteiger partial charge in [0.05, 0.1) is 11.6 Å². The molecule has 1 aliphatic heterocycles. The Kier molecular flexibility index (Phi) is 3.76. The summed E-state index contributed by atoms with van der Waals surface area (Å²) in [7, 11) is 0. The molecule has 7 heteroatoms. The Hall–Kier alpha value is -3.09. The summed E-state index contributed by atoms with van der Waals surface area (Å²) in [6.45, 7) is 0.255. The van der Waals surface area contributed by atoms with Gasteiger partial charge in [0.2, 0.25) is 17.6 Å². The highest BCUT2D eigenvalue weighted by Gasteiger charge is 2.36. The zero-order valence-electron chi connectivity index (χ0n) is 13.0. The van der Waals surface area contributed by atoms with Crippen LogP contribution >= 0.6 is 0 Å². The van der Waals surface area contributed by atoms with E-state index in [9.17, 15) is 13.6 Å². The highest BCUT2D eigenvalue weighted by atomic mass is 19.1. The lowest BCUT2D eigenvalue weighted by Crippen LogP contribution is -2.25. The fourth-order valence-corrected chi connectivity index (χ4v) is 2.92. The van der Waals surface area contributed by atoms with Crippen LogP contribution < -0.4 is 4.90 Å². The van der Waals surface area contributed by atoms with Crippen molar-refractivity contribution in [2.45, 2.75) is 12.3 Å². The number of hydrogen-bond donors (Lipinski definition) is 0. The number of para-hydroxylation sites is 1. The Balaban J connectivity index is 1.58. The van der Waals surface area contributed by atoms with Crippen molar-refractivity contribution in [2.75, 3.05) is 11.4 Å². The molecule has 3 aromatic rings. The van der Waals surface area contributed by atoms with Crippen LogP contribution in [0, 0.1) is 11.6 Å². The SMILES string of the molecule is O=C1CC(c2nc(-c3cccc(F)c3)no2)CN1c1ccccc1F. The normalized spacial score (nSPS) is 17.3. The van der Waals surface area contributed by atoms with Gasteiger partial charge in [-0.2, -0.15) is 4.98 Å². The minimum Gasteiger partial charge on any atom is -0.339 e. The zero-order valence-corrected chi connectivity index (χ0v) is 13.0. The lowest BCUT2D eigenvalue weighted by Gasteiger charge is -2.16. The molecule has 0 radical (unpaired) electrons. The summed E-state index contributed by atoms with van der Waals surface area (Å²) in [5.74, 6) is -0.853. The summed E-state index contributed by atoms with van der Waals surface area (Å²) in [6.07, 6.45) is 0.152. The molecule has 4 rings (SSSR count). The van der Waals surface area contributed by atoms with E-state index in [1.165, 1.54) is 23.1 Å². The fourth-order valence-electron chi connectivity index (χ4n) is 2.92. The van der Waals surface area contributed by atoms with Gasteiger partial charge in [-0.05, 0) is 24.3 Å². The van der Waals surface area contributed by atoms with Crippen molar-refractivity contribution in [2.24, 2.45) is 0 Å². The first-order chi connectivity index (χ1) is 12.1. The summed E-state index contributed by atoms with van der Waals surface area (Å²) in [4.78, 5) is 17.9. The topological polar surface area (TPSA) is 59.2 Å². The number of amides is 1. The molecule has 25 heavy (non-hydrogen) atoms. The largest absolute Gasteiger partial charge is 0.339 e. The molecule has 1 saturated heterocycles. The van der Waals surface area contributed by atoms with Crippen LogP contribution in [-0.2, 0) is 4.79 Å². The summed E-state index contributed by atoms with van der Waals surface area (Å²) in [5, 5.41) is 3.86. The second-order valence-electron chi connectivity index (χ2n) is 5.82. The van der Waals surface area contributed by atoms with Gasteiger partial charge in [0.15, 0.2) is 0 Å². The maximum absolute atomic E-state index is 13.9. The smallest absolute Gasteiger partial charge is 0.232 e. The number of nitrogens with zero attached hydrogens (tertiary/aromatic N) is 3. The van der Waals surface area contributed by atoms with Crippen LogP contribution in [0.1, 0.15) is 18.2 Å². The fraction of sp³-hybridized carbons (Fsp3) is 0.167. The Morgan fingerprint density at radius 3 is 2.76 bits per heavy atom. The van der Waals surface area contributed by atoms with Crippen molar-refractivity contribution in [3.63, 3.8) is 0 Å². The molecule has 1 aromatic heterocycles. The highest BCUT2D eigenvalue weighted by Crippen LogP contribution is 2.33. The Morgan fingerprint density at radius 1 is 1.12 bits per heavy atom. The van der Waals surface area contributed by atoms with Crippen LogP contribution in [0.3, 0.4) is 0 Å². The molecule has 2 heterocycles. The summed E-state index contributed by atoms with van der Waals surface area (Å²) in [6, 6.07) is 12.0. The molecular formula is C18H13F2N3O2. The lowest BCUT2D eigenvalue weighted by atomic mass is 10.1. The first-order valence-corrected chi connectivity index (χ1v) is 7.76. The van der Waals surface area contributed by atoms with E-state index in [-0.39, 0.29) is 42.2 Å². The predicted octanol–water partition coefficient (Wildman–Crippen LogP) is 3.54. The maximum Gasteiger partial charge on any atom is 0.232 e. The van der Waals surface area contributed by atoms with Crippen molar-refractivity contribution in [1.29, 1.82) is 0 Å². The number of anilines is 1. The predicted molar refractivity (Wildman–Crippen MR) is 85.8 cm³/mol. The number of halogens is 2. The van der Waals surface area contributed by atoms with Crippen molar-refractivity contribution >= 4 is 11.6 Å². The van der Waals surface area contributed by atoms with E-state index in [1.807, 2.05) is 0 Å². The first-order valence-electron chi connectivity index (χ1n) is 7.76. The third-order valence-corrected chi connectivity index (χ3v) is 4.14. The van der Waals surface area contributed by atoms with Gasteiger partial charge in [0, 0.05) is 18.5 Å². The molecule has 0 saturated carbocycles. The average molecular weight is 341 g/mol. The maximum atomic E-state index is 13.9. The molecule has 1 atom stereocenters. The van der Waals surface area contributed by atoms with E-state index in [4.69, 9.17) is 4.52 Å². The van der Waals surface area contributed by atoms with Crippen LogP contribution in [-0.4, -0.2) is 22.6 Å². The molecule has 5 nitrogen and oxygen atoms in total. The van der Waals surface area contributed by atoms with Crippen molar-refractivity contribution in [3.05, 3.63) is 66.1 Å². The van der Waals surface area contributed by atoms with Crippen molar-refractivity contribution < 1.29 is 18.1 Å². The van der Waals surface area contributed by atoms with Gasteiger partial charge in [0.1, 0.15) is 11.6 Å². The van der Waals surface area contributed by atoms with Crippen LogP contribution in [0.2, 0.25) is 0 Å². The van der Waals surface area contributed by atoms with Gasteiger partial charge in [-0.1, -0.05) is 29.4 Å². The molecule has 1 fully saturated rings. The molecule has 126 valence electrons. The Morgan fingerprint density at radius 2 is 1.96 bits per heavy atom. The summed E-state index contributed by atoms with van der Waals surface area (Å²) in [5.41, 5.74) is 0.727. The number of carbonyl (C=O) groups is 1. The average Bonchev–Trinajstić information content (AvgIpc) is 3.22. The van der Waals surface area contributed by atoms with Gasteiger partial charge in [-0.3, -0.25) is 4.79 Å². The molecule has 1 aliphatic rings. The number of rotatable bonds is 3. The second-order valence-corrected chi connectivity index (χ2v) is 5.82. The minimum atomic E-state index is -0.456. The van der Waals surface area contributed by atoms with E-state index in [1.54, 1.807) is 30.3 Å². The molecule has 1 unspecified atom stereocenters. The van der Waals surface area contributed by atoms with Gasteiger partial charge in [0.25, 0.3) is 0 Å². The van der Waals surface area contributed by atoms with Gasteiger partial charge >= 0.3 is 0 Å². The number of carbonyl (C=O) groups excluding carboxylic acids is 1. The molecule has 0 bridgehead atoms. The number of aromatic nitrogens is 2. The molecule has 0 spiro atoms. The molecule has 0 N–H and O–H groups in total. The molecular weight excluding hydrogens is 328 g/mol. The second kappa shape index (κ2) is 6.08. The molecule has 0 aliphatic carbocycles. The standard InChI is InChI=1S/C18H13F2N3O2/c19-13-5-3-4-11(8-13)17-21-18(25-22-17)12-9-16(24)23(10-12)15-7-2-1-6-14(15)20/h1-8,12H,9-10H2. The summed E-state index contributed by atoms with van der Waals surface area (Å²) >= 11 is 0. The van der Waals surface area contributed by atoms with Crippen LogP contribution in [0.15, 0.2) is 53.1 Å². The van der Waals surface area contributed by atoms with Crippen LogP contribution in [0.4, 0.5) is 14.5 Å². The van der Waals surface area contributed by atoms with Gasteiger partial charge in [-0.25, -0.2) is 8.78 Å². The zero-order chi connectivity index (χ0) is 17.4. The first kappa shape index (κ1) is 15.4. The van der Waals surface area contributed by atoms with E-state index in [0.29, 0.717) is 5.56 Å². The van der Waals surface area contributed by atoms with E-state index < -0.39 is 11.6 Å². The highest BCUT2D eigenvalue weighted by molar-refractivity contribution is 5.96. The lowest BCUT2D eigenvalue weighted by molar-refractivity contribution is -0.117. The number of hydrogen-bond acceptors (Lipinski definition) is 4. The van der Waals surface area contributed by atoms with Crippen LogP contribution in [0.25, 0.3) is 11.4 Å². The monoisotopic (exact) mass is 341 g/mol. The Labute approximate surface area is 141 Å². The quantitative estimate of drug-likeness (QED) is 0.731. The van der Waals surface area contributed by atoms with Gasteiger partial charge in [-0.15, -0.1) is 0 Å². The van der Waals surface area contributed by atoms with E-state index >= 15 is 0 Å². The van der Waals surface area contributed by atoms with Crippen LogP contribution in [0.5, 0.6) is 0 Å². The molecule has 2 aromatic carbocycles. The van der Waals surface area contributed by atoms with Crippen molar-refractivity contribution in [3.8, 4) is 11.4 Å². The van der Waals surface area contributed by atoms with Crippen molar-refractivity contribution in [1.82, 2.24) is 10.1 Å². The van der Waals surface area contributed by atoms with E-state index in [0.717, 1.165) is 0 Å². The van der Waals surface area contributed by atoms with E-state index in [2.05, 4.69) is 10.1 Å². The third kappa shape index (κ3) is 2.88. The molecule has 1 amide bonds. The minimum absolute atomic E-state index is 0.152. The number of benzene rings is 2. The summed E-state index contributed by atoms with van der Waals surface area (Å²) < 4.78 is 32.5. The third-order valence-electron chi connectivity index (χ3n) is 4.14. The Bertz CT molecular complexity index is 941.